The first-order valence-electron chi connectivity index (χ1n) is 12.1. The van der Waals surface area contributed by atoms with E-state index in [0.29, 0.717) is 5.11 Å². The molecule has 0 unspecified atom stereocenters. The highest BCUT2D eigenvalue weighted by molar-refractivity contribution is 7.80. The Morgan fingerprint density at radius 2 is 1.81 bits per heavy atom. The molecule has 8 heteroatoms. The number of ether oxygens (including phenoxy) is 1. The van der Waals surface area contributed by atoms with Gasteiger partial charge in [-0.3, -0.25) is 9.78 Å². The van der Waals surface area contributed by atoms with E-state index >= 15 is 0 Å². The molecule has 2 aromatic heterocycles. The van der Waals surface area contributed by atoms with Gasteiger partial charge in [0.05, 0.1) is 11.7 Å². The highest BCUT2D eigenvalue weighted by Gasteiger charge is 2.42. The summed E-state index contributed by atoms with van der Waals surface area (Å²) in [7, 11) is 1.50. The van der Waals surface area contributed by atoms with Crippen molar-refractivity contribution in [3.8, 4) is 5.69 Å². The summed E-state index contributed by atoms with van der Waals surface area (Å²) in [6.45, 7) is 4.09. The number of rotatable bonds is 7. The maximum atomic E-state index is 12.1. The standard InChI is InChI=1S/C29H29N5O2S/c1-19-17-22(13-14-23(19)31-26(35)18-36-3)34-28(27(32-29(34)37)24-11-7-8-16-30-24)25-15-12-20(2)33(25)21-9-5-4-6-10-21/h4-17,27-28H,18H2,1-3H3,(H,31,35)(H,32,37)/t27-,28+/m0/s1. The average Bonchev–Trinajstić information content (AvgIpc) is 3.45. The highest BCUT2D eigenvalue weighted by atomic mass is 32.1. The van der Waals surface area contributed by atoms with Crippen LogP contribution in [0.3, 0.4) is 0 Å². The van der Waals surface area contributed by atoms with Crippen LogP contribution in [-0.2, 0) is 9.53 Å². The molecular weight excluding hydrogens is 482 g/mol. The van der Waals surface area contributed by atoms with Gasteiger partial charge in [0, 0.05) is 41.8 Å². The molecule has 7 nitrogen and oxygen atoms in total. The Morgan fingerprint density at radius 1 is 1.03 bits per heavy atom. The van der Waals surface area contributed by atoms with Crippen molar-refractivity contribution in [3.63, 3.8) is 0 Å². The number of amides is 1. The molecule has 2 aromatic carbocycles. The molecule has 3 heterocycles. The fraction of sp³-hybridized carbons (Fsp3) is 0.207. The number of thiocarbonyl (C=S) groups is 1. The molecule has 2 atom stereocenters. The zero-order valence-corrected chi connectivity index (χ0v) is 21.8. The second kappa shape index (κ2) is 10.5. The molecule has 1 aliphatic heterocycles. The van der Waals surface area contributed by atoms with E-state index < -0.39 is 0 Å². The third kappa shape index (κ3) is 4.85. The lowest BCUT2D eigenvalue weighted by Crippen LogP contribution is -2.30. The molecule has 188 valence electrons. The topological polar surface area (TPSA) is 71.4 Å². The average molecular weight is 512 g/mol. The van der Waals surface area contributed by atoms with Crippen molar-refractivity contribution in [2.45, 2.75) is 25.9 Å². The van der Waals surface area contributed by atoms with Crippen LogP contribution in [0.1, 0.15) is 34.7 Å². The van der Waals surface area contributed by atoms with Gasteiger partial charge in [0.25, 0.3) is 0 Å². The molecular formula is C29H29N5O2S. The Morgan fingerprint density at radius 3 is 2.51 bits per heavy atom. The summed E-state index contributed by atoms with van der Waals surface area (Å²) in [5.41, 5.74) is 6.83. The molecule has 1 saturated heterocycles. The Labute approximate surface area is 222 Å². The number of pyridine rings is 1. The van der Waals surface area contributed by atoms with Gasteiger partial charge in [0.15, 0.2) is 5.11 Å². The molecule has 0 radical (unpaired) electrons. The van der Waals surface area contributed by atoms with Gasteiger partial charge >= 0.3 is 0 Å². The number of para-hydroxylation sites is 1. The number of nitrogens with one attached hydrogen (secondary N) is 2. The van der Waals surface area contributed by atoms with E-state index in [-0.39, 0.29) is 24.6 Å². The van der Waals surface area contributed by atoms with E-state index in [0.717, 1.165) is 39.7 Å². The normalized spacial score (nSPS) is 17.1. The van der Waals surface area contributed by atoms with Gasteiger partial charge in [-0.2, -0.15) is 0 Å². The van der Waals surface area contributed by atoms with E-state index in [1.54, 1.807) is 0 Å². The van der Waals surface area contributed by atoms with Gasteiger partial charge < -0.3 is 24.8 Å². The number of carbonyl (C=O) groups is 1. The van der Waals surface area contributed by atoms with E-state index in [2.05, 4.69) is 56.3 Å². The number of hydrogen-bond donors (Lipinski definition) is 2. The predicted molar refractivity (Wildman–Crippen MR) is 150 cm³/mol. The van der Waals surface area contributed by atoms with Crippen molar-refractivity contribution in [1.29, 1.82) is 0 Å². The summed E-state index contributed by atoms with van der Waals surface area (Å²) in [5, 5.41) is 7.06. The van der Waals surface area contributed by atoms with Crippen LogP contribution in [-0.4, -0.2) is 34.3 Å². The van der Waals surface area contributed by atoms with E-state index in [4.69, 9.17) is 17.0 Å². The molecule has 4 aromatic rings. The van der Waals surface area contributed by atoms with Gasteiger partial charge in [0.2, 0.25) is 5.91 Å². The molecule has 1 fully saturated rings. The van der Waals surface area contributed by atoms with E-state index in [1.807, 2.05) is 67.7 Å². The summed E-state index contributed by atoms with van der Waals surface area (Å²) < 4.78 is 7.22. The Balaban J connectivity index is 1.61. The summed E-state index contributed by atoms with van der Waals surface area (Å²) in [5.74, 6) is -0.194. The number of hydrogen-bond acceptors (Lipinski definition) is 4. The Hall–Kier alpha value is -4.01. The van der Waals surface area contributed by atoms with Gasteiger partial charge in [0.1, 0.15) is 12.6 Å². The quantitative estimate of drug-likeness (QED) is 0.330. The molecule has 0 saturated carbocycles. The number of benzene rings is 2. The van der Waals surface area contributed by atoms with Crippen molar-refractivity contribution in [3.05, 3.63) is 108 Å². The van der Waals surface area contributed by atoms with Gasteiger partial charge in [-0.1, -0.05) is 24.3 Å². The minimum atomic E-state index is -0.194. The zero-order valence-electron chi connectivity index (χ0n) is 21.0. The second-order valence-corrected chi connectivity index (χ2v) is 9.43. The van der Waals surface area contributed by atoms with Crippen LogP contribution in [0, 0.1) is 13.8 Å². The third-order valence-corrected chi connectivity index (χ3v) is 6.87. The smallest absolute Gasteiger partial charge is 0.250 e. The Kier molecular flexibility index (Phi) is 7.03. The molecule has 0 aliphatic carbocycles. The minimum absolute atomic E-state index is 0.00494. The molecule has 37 heavy (non-hydrogen) atoms. The van der Waals surface area contributed by atoms with E-state index in [1.165, 1.54) is 7.11 Å². The van der Waals surface area contributed by atoms with Crippen LogP contribution in [0.15, 0.2) is 85.1 Å². The number of carbonyl (C=O) groups excluding carboxylic acids is 1. The first-order valence-corrected chi connectivity index (χ1v) is 12.5. The molecule has 0 spiro atoms. The molecule has 1 aliphatic rings. The number of aryl methyl sites for hydroxylation is 2. The van der Waals surface area contributed by atoms with Crippen molar-refractivity contribution in [2.24, 2.45) is 0 Å². The maximum Gasteiger partial charge on any atom is 0.250 e. The van der Waals surface area contributed by atoms with Crippen LogP contribution in [0.2, 0.25) is 0 Å². The zero-order chi connectivity index (χ0) is 25.9. The van der Waals surface area contributed by atoms with Crippen LogP contribution in [0.4, 0.5) is 11.4 Å². The van der Waals surface area contributed by atoms with Gasteiger partial charge in [-0.05, 0) is 86.2 Å². The summed E-state index contributed by atoms with van der Waals surface area (Å²) >= 11 is 5.92. The van der Waals surface area contributed by atoms with Gasteiger partial charge in [-0.15, -0.1) is 0 Å². The van der Waals surface area contributed by atoms with Crippen LogP contribution in [0.25, 0.3) is 5.69 Å². The first-order chi connectivity index (χ1) is 18.0. The minimum Gasteiger partial charge on any atom is -0.375 e. The molecule has 0 bridgehead atoms. The lowest BCUT2D eigenvalue weighted by atomic mass is 10.00. The lowest BCUT2D eigenvalue weighted by molar-refractivity contribution is -0.119. The van der Waals surface area contributed by atoms with E-state index in [9.17, 15) is 4.79 Å². The third-order valence-electron chi connectivity index (χ3n) is 6.56. The largest absolute Gasteiger partial charge is 0.375 e. The number of nitrogens with zero attached hydrogens (tertiary/aromatic N) is 3. The Bertz CT molecular complexity index is 1420. The molecule has 1 amide bonds. The van der Waals surface area contributed by atoms with Crippen LogP contribution >= 0.6 is 12.2 Å². The maximum absolute atomic E-state index is 12.1. The highest BCUT2D eigenvalue weighted by Crippen LogP contribution is 2.43. The monoisotopic (exact) mass is 511 g/mol. The van der Waals surface area contributed by atoms with Gasteiger partial charge in [-0.25, -0.2) is 0 Å². The SMILES string of the molecule is COCC(=O)Nc1ccc(N2C(=S)N[C@@H](c3ccccn3)[C@H]2c2ccc(C)n2-c2ccccc2)cc1C. The first kappa shape index (κ1) is 24.7. The fourth-order valence-corrected chi connectivity index (χ4v) is 5.25. The van der Waals surface area contributed by atoms with Crippen molar-refractivity contribution in [1.82, 2.24) is 14.9 Å². The van der Waals surface area contributed by atoms with Crippen LogP contribution < -0.4 is 15.5 Å². The van der Waals surface area contributed by atoms with Crippen molar-refractivity contribution < 1.29 is 9.53 Å². The number of methoxy groups -OCH3 is 1. The van der Waals surface area contributed by atoms with Crippen molar-refractivity contribution >= 4 is 34.6 Å². The molecule has 2 N–H and O–H groups in total. The predicted octanol–water partition coefficient (Wildman–Crippen LogP) is 5.25. The van der Waals surface area contributed by atoms with Crippen molar-refractivity contribution in [2.75, 3.05) is 23.9 Å². The second-order valence-electron chi connectivity index (χ2n) is 9.05. The summed E-state index contributed by atoms with van der Waals surface area (Å²) in [6, 6.07) is 26.2. The summed E-state index contributed by atoms with van der Waals surface area (Å²) in [4.78, 5) is 18.9. The molecule has 5 rings (SSSR count). The van der Waals surface area contributed by atoms with Crippen LogP contribution in [0.5, 0.6) is 0 Å². The number of aromatic nitrogens is 2. The lowest BCUT2D eigenvalue weighted by Gasteiger charge is -2.30. The fourth-order valence-electron chi connectivity index (χ4n) is 4.91. The number of anilines is 2. The summed E-state index contributed by atoms with van der Waals surface area (Å²) in [6.07, 6.45) is 1.81.